The summed E-state index contributed by atoms with van der Waals surface area (Å²) in [5.74, 6) is 1.50. The second-order valence-corrected chi connectivity index (χ2v) is 7.96. The highest BCUT2D eigenvalue weighted by Gasteiger charge is 2.87. The Morgan fingerprint density at radius 1 is 1.43 bits per heavy atom. The van der Waals surface area contributed by atoms with Crippen LogP contribution in [-0.4, -0.2) is 53.2 Å². The number of hydrogen-bond acceptors (Lipinski definition) is 5. The van der Waals surface area contributed by atoms with Gasteiger partial charge in [-0.1, -0.05) is 6.07 Å². The molecule has 5 nitrogen and oxygen atoms in total. The lowest BCUT2D eigenvalue weighted by Crippen LogP contribution is -2.64. The Bertz CT molecular complexity index is 806. The summed E-state index contributed by atoms with van der Waals surface area (Å²) >= 11 is 0. The molecule has 2 unspecified atom stereocenters. The number of methoxy groups -OCH3 is 1. The van der Waals surface area contributed by atoms with E-state index in [-0.39, 0.29) is 17.4 Å². The minimum Gasteiger partial charge on any atom is -0.493 e. The zero-order valence-corrected chi connectivity index (χ0v) is 13.3. The number of nitrogens with zero attached hydrogens (tertiary/aromatic N) is 1. The standard InChI is InChI=1S/C18H19NO4/c1-19-15-16(19)7-9-3-4-11(22-2)13-12(9)17(8-16)14(23-13)10(20)5-6-18(15,17)21/h3-4,14-15,21H,5-8H2,1-2H3/t14-,15?,16?,17-,18+,19+/m1/s1. The van der Waals surface area contributed by atoms with Crippen LogP contribution in [0.1, 0.15) is 30.4 Å². The minimum absolute atomic E-state index is 0.00415. The van der Waals surface area contributed by atoms with Gasteiger partial charge in [-0.05, 0) is 37.9 Å². The molecule has 2 aliphatic heterocycles. The molecule has 6 rings (SSSR count). The quantitative estimate of drug-likeness (QED) is 0.777. The molecule has 2 bridgehead atoms. The number of ether oxygens (including phenoxy) is 2. The smallest absolute Gasteiger partial charge is 0.174 e. The molecule has 5 heteroatoms. The molecule has 2 heterocycles. The molecule has 5 aliphatic rings. The molecule has 0 amide bonds. The van der Waals surface area contributed by atoms with Gasteiger partial charge in [0.15, 0.2) is 23.4 Å². The molecule has 1 saturated heterocycles. The molecule has 1 N–H and O–H groups in total. The fourth-order valence-corrected chi connectivity index (χ4v) is 6.64. The van der Waals surface area contributed by atoms with Gasteiger partial charge in [-0.2, -0.15) is 0 Å². The summed E-state index contributed by atoms with van der Waals surface area (Å²) in [6, 6.07) is 4.17. The Balaban J connectivity index is 1.72. The monoisotopic (exact) mass is 313 g/mol. The van der Waals surface area contributed by atoms with Crippen LogP contribution in [0, 0.1) is 0 Å². The minimum atomic E-state index is -0.872. The number of fused-ring (bicyclic) bond motifs is 1. The summed E-state index contributed by atoms with van der Waals surface area (Å²) in [5, 5.41) is 11.8. The van der Waals surface area contributed by atoms with E-state index in [0.717, 1.165) is 18.4 Å². The molecule has 6 atom stereocenters. The van der Waals surface area contributed by atoms with E-state index in [1.165, 1.54) is 5.56 Å². The highest BCUT2D eigenvalue weighted by molar-refractivity contribution is 5.90. The van der Waals surface area contributed by atoms with Crippen molar-refractivity contribution in [2.24, 2.45) is 0 Å². The molecule has 0 aromatic heterocycles. The first-order valence-electron chi connectivity index (χ1n) is 8.35. The van der Waals surface area contributed by atoms with E-state index < -0.39 is 17.1 Å². The van der Waals surface area contributed by atoms with Crippen LogP contribution in [0.25, 0.3) is 0 Å². The number of carbonyl (C=O) groups excluding carboxylic acids is 1. The molecule has 2 saturated carbocycles. The van der Waals surface area contributed by atoms with E-state index in [4.69, 9.17) is 9.47 Å². The Morgan fingerprint density at radius 2 is 2.26 bits per heavy atom. The van der Waals surface area contributed by atoms with Crippen LogP contribution < -0.4 is 9.47 Å². The second kappa shape index (κ2) is 3.28. The van der Waals surface area contributed by atoms with Gasteiger partial charge < -0.3 is 14.6 Å². The third-order valence-electron chi connectivity index (χ3n) is 7.44. The fourth-order valence-electron chi connectivity index (χ4n) is 6.64. The van der Waals surface area contributed by atoms with Crippen LogP contribution in [-0.2, 0) is 16.6 Å². The number of rotatable bonds is 1. The normalized spacial score (nSPS) is 50.2. The van der Waals surface area contributed by atoms with E-state index >= 15 is 0 Å². The topological polar surface area (TPSA) is 58.8 Å². The summed E-state index contributed by atoms with van der Waals surface area (Å²) in [4.78, 5) is 15.0. The summed E-state index contributed by atoms with van der Waals surface area (Å²) in [6.45, 7) is 0. The first kappa shape index (κ1) is 12.8. The van der Waals surface area contributed by atoms with Gasteiger partial charge in [0.2, 0.25) is 0 Å². The van der Waals surface area contributed by atoms with Gasteiger partial charge in [0.1, 0.15) is 0 Å². The van der Waals surface area contributed by atoms with Gasteiger partial charge in [-0.15, -0.1) is 0 Å². The Hall–Kier alpha value is -1.59. The van der Waals surface area contributed by atoms with Crippen molar-refractivity contribution in [2.75, 3.05) is 14.2 Å². The summed E-state index contributed by atoms with van der Waals surface area (Å²) in [6.07, 6.45) is 2.13. The maximum absolute atomic E-state index is 12.7. The van der Waals surface area contributed by atoms with Crippen molar-refractivity contribution in [3.63, 3.8) is 0 Å². The van der Waals surface area contributed by atoms with Crippen LogP contribution in [0.4, 0.5) is 0 Å². The Morgan fingerprint density at radius 3 is 3.04 bits per heavy atom. The fraction of sp³-hybridized carbons (Fsp3) is 0.611. The van der Waals surface area contributed by atoms with Crippen LogP contribution in [0.2, 0.25) is 0 Å². The van der Waals surface area contributed by atoms with Crippen molar-refractivity contribution in [3.8, 4) is 11.5 Å². The van der Waals surface area contributed by atoms with Gasteiger partial charge in [0.05, 0.1) is 24.2 Å². The molecule has 3 fully saturated rings. The lowest BCUT2D eigenvalue weighted by Gasteiger charge is -2.49. The van der Waals surface area contributed by atoms with Crippen LogP contribution in [0.3, 0.4) is 0 Å². The zero-order valence-electron chi connectivity index (χ0n) is 13.3. The summed E-state index contributed by atoms with van der Waals surface area (Å²) in [5.41, 5.74) is 0.836. The van der Waals surface area contributed by atoms with Crippen molar-refractivity contribution in [1.29, 1.82) is 0 Å². The van der Waals surface area contributed by atoms with Gasteiger partial charge in [0, 0.05) is 17.5 Å². The molecule has 2 spiro atoms. The number of benzene rings is 1. The van der Waals surface area contributed by atoms with Crippen LogP contribution in [0.15, 0.2) is 12.1 Å². The maximum atomic E-state index is 12.7. The van der Waals surface area contributed by atoms with Gasteiger partial charge in [-0.3, -0.25) is 9.69 Å². The van der Waals surface area contributed by atoms with Crippen molar-refractivity contribution in [3.05, 3.63) is 23.3 Å². The Kier molecular flexibility index (Phi) is 1.82. The van der Waals surface area contributed by atoms with E-state index in [1.54, 1.807) is 7.11 Å². The van der Waals surface area contributed by atoms with Gasteiger partial charge >= 0.3 is 0 Å². The number of likely N-dealkylation sites (N-methyl/N-ethyl adjacent to an activating group) is 1. The number of piperidine rings is 1. The average Bonchev–Trinajstić information content (AvgIpc) is 2.87. The van der Waals surface area contributed by atoms with E-state index in [0.29, 0.717) is 24.3 Å². The first-order chi connectivity index (χ1) is 11.0. The number of carbonyl (C=O) groups is 1. The maximum Gasteiger partial charge on any atom is 0.174 e. The predicted octanol–water partition coefficient (Wildman–Crippen LogP) is 0.801. The summed E-state index contributed by atoms with van der Waals surface area (Å²) in [7, 11) is 3.73. The summed E-state index contributed by atoms with van der Waals surface area (Å²) < 4.78 is 11.6. The highest BCUT2D eigenvalue weighted by atomic mass is 16.5. The molecular formula is C18H19NO4. The van der Waals surface area contributed by atoms with Crippen molar-refractivity contribution < 1.29 is 19.4 Å². The largest absolute Gasteiger partial charge is 0.493 e. The molecule has 3 aliphatic carbocycles. The molecule has 0 radical (unpaired) electrons. The lowest BCUT2D eigenvalue weighted by molar-refractivity contribution is -0.149. The van der Waals surface area contributed by atoms with Crippen LogP contribution in [0.5, 0.6) is 11.5 Å². The SMILES string of the molecule is COc1ccc2c3c1O[C@@H]1C(=O)CC[C@]4(O)C5[N@](C)C5(C2)C[C@@]314. The Labute approximate surface area is 134 Å². The zero-order chi connectivity index (χ0) is 15.8. The average molecular weight is 313 g/mol. The van der Waals surface area contributed by atoms with Crippen molar-refractivity contribution >= 4 is 5.78 Å². The van der Waals surface area contributed by atoms with Crippen molar-refractivity contribution in [2.45, 2.75) is 54.4 Å². The number of aliphatic hydroxyl groups is 1. The molecule has 1 aromatic rings. The third kappa shape index (κ3) is 0.994. The van der Waals surface area contributed by atoms with E-state index in [1.807, 2.05) is 6.07 Å². The molecular weight excluding hydrogens is 294 g/mol. The third-order valence-corrected chi connectivity index (χ3v) is 7.44. The van der Waals surface area contributed by atoms with Crippen molar-refractivity contribution in [1.82, 2.24) is 4.90 Å². The van der Waals surface area contributed by atoms with Gasteiger partial charge in [0.25, 0.3) is 0 Å². The highest BCUT2D eigenvalue weighted by Crippen LogP contribution is 2.76. The number of likely N-dealkylation sites (tertiary alicyclic amines) is 1. The number of Topliss-reactive ketones (excluding diaryl/α,β-unsaturated/α-hetero) is 1. The number of hydrogen-bond donors (Lipinski definition) is 1. The molecule has 120 valence electrons. The van der Waals surface area contributed by atoms with E-state index in [2.05, 4.69) is 18.0 Å². The molecule has 23 heavy (non-hydrogen) atoms. The van der Waals surface area contributed by atoms with E-state index in [9.17, 15) is 9.90 Å². The molecule has 1 aromatic carbocycles. The predicted molar refractivity (Wildman–Crippen MR) is 80.9 cm³/mol. The number of ketones is 1. The van der Waals surface area contributed by atoms with Crippen LogP contribution >= 0.6 is 0 Å². The van der Waals surface area contributed by atoms with Gasteiger partial charge in [-0.25, -0.2) is 0 Å². The second-order valence-electron chi connectivity index (χ2n) is 7.96. The first-order valence-corrected chi connectivity index (χ1v) is 8.35. The lowest BCUT2D eigenvalue weighted by atomic mass is 9.57.